The second kappa shape index (κ2) is 5.03. The van der Waals surface area contributed by atoms with Gasteiger partial charge in [-0.25, -0.2) is 4.79 Å². The van der Waals surface area contributed by atoms with Gasteiger partial charge in [0.25, 0.3) is 0 Å². The standard InChI is InChI=1S/C8H13O2/c1-4-6-7(3)10-8(9)5-2/h4-5,7H,2,6H2,1,3H3. The zero-order valence-electron chi connectivity index (χ0n) is 6.46. The van der Waals surface area contributed by atoms with Crippen LogP contribution in [0.15, 0.2) is 12.7 Å². The highest BCUT2D eigenvalue weighted by molar-refractivity contribution is 5.81. The Kier molecular flexibility index (Phi) is 4.63. The summed E-state index contributed by atoms with van der Waals surface area (Å²) in [5, 5.41) is 0. The first-order valence-electron chi connectivity index (χ1n) is 3.31. The van der Waals surface area contributed by atoms with Gasteiger partial charge in [0, 0.05) is 6.08 Å². The molecule has 0 N–H and O–H groups in total. The van der Waals surface area contributed by atoms with Gasteiger partial charge in [-0.1, -0.05) is 13.5 Å². The topological polar surface area (TPSA) is 26.3 Å². The molecule has 0 rings (SSSR count). The van der Waals surface area contributed by atoms with E-state index in [1.165, 1.54) is 6.08 Å². The molecule has 0 aromatic heterocycles. The maximum atomic E-state index is 10.5. The Morgan fingerprint density at radius 2 is 2.40 bits per heavy atom. The number of hydrogen-bond donors (Lipinski definition) is 0. The van der Waals surface area contributed by atoms with Gasteiger partial charge in [-0.15, -0.1) is 0 Å². The van der Waals surface area contributed by atoms with Crippen LogP contribution in [0.3, 0.4) is 0 Å². The second-order valence-electron chi connectivity index (χ2n) is 2.10. The predicted octanol–water partition coefficient (Wildman–Crippen LogP) is 1.72. The minimum absolute atomic E-state index is 0.0319. The van der Waals surface area contributed by atoms with Crippen molar-refractivity contribution in [1.82, 2.24) is 0 Å². The summed E-state index contributed by atoms with van der Waals surface area (Å²) in [5.74, 6) is -0.352. The lowest BCUT2D eigenvalue weighted by Crippen LogP contribution is -2.12. The summed E-state index contributed by atoms with van der Waals surface area (Å²) in [4.78, 5) is 10.5. The molecule has 0 saturated heterocycles. The fraction of sp³-hybridized carbons (Fsp3) is 0.500. The lowest BCUT2D eigenvalue weighted by Gasteiger charge is -2.08. The molecule has 0 fully saturated rings. The van der Waals surface area contributed by atoms with Crippen LogP contribution in [0.25, 0.3) is 0 Å². The normalized spacial score (nSPS) is 12.2. The van der Waals surface area contributed by atoms with Crippen molar-refractivity contribution in [2.75, 3.05) is 0 Å². The van der Waals surface area contributed by atoms with Crippen molar-refractivity contribution in [1.29, 1.82) is 0 Å². The summed E-state index contributed by atoms with van der Waals surface area (Å²) in [7, 11) is 0. The van der Waals surface area contributed by atoms with Crippen LogP contribution in [0.1, 0.15) is 20.3 Å². The van der Waals surface area contributed by atoms with E-state index in [4.69, 9.17) is 4.74 Å². The minimum Gasteiger partial charge on any atom is -0.460 e. The predicted molar refractivity (Wildman–Crippen MR) is 40.3 cm³/mol. The Bertz CT molecular complexity index is 118. The summed E-state index contributed by atoms with van der Waals surface area (Å²) in [5.41, 5.74) is 0. The van der Waals surface area contributed by atoms with E-state index in [0.29, 0.717) is 0 Å². The van der Waals surface area contributed by atoms with Crippen molar-refractivity contribution >= 4 is 5.97 Å². The third-order valence-corrected chi connectivity index (χ3v) is 1.05. The monoisotopic (exact) mass is 141 g/mol. The Morgan fingerprint density at radius 1 is 1.80 bits per heavy atom. The van der Waals surface area contributed by atoms with Gasteiger partial charge < -0.3 is 4.74 Å². The summed E-state index contributed by atoms with van der Waals surface area (Å²) < 4.78 is 4.85. The van der Waals surface area contributed by atoms with Gasteiger partial charge in [-0.2, -0.15) is 0 Å². The summed E-state index contributed by atoms with van der Waals surface area (Å²) in [6.07, 6.45) is 3.89. The number of carbonyl (C=O) groups is 1. The number of carbonyl (C=O) groups excluding carboxylic acids is 1. The highest BCUT2D eigenvalue weighted by atomic mass is 16.5. The van der Waals surface area contributed by atoms with Crippen LogP contribution in [0.2, 0.25) is 0 Å². The largest absolute Gasteiger partial charge is 0.460 e. The molecule has 0 aromatic carbocycles. The molecule has 0 heterocycles. The first-order valence-corrected chi connectivity index (χ1v) is 3.31. The average Bonchev–Trinajstić information content (AvgIpc) is 1.88. The van der Waals surface area contributed by atoms with E-state index in [0.717, 1.165) is 6.42 Å². The smallest absolute Gasteiger partial charge is 0.330 e. The van der Waals surface area contributed by atoms with Crippen molar-refractivity contribution in [2.45, 2.75) is 26.4 Å². The molecule has 10 heavy (non-hydrogen) atoms. The van der Waals surface area contributed by atoms with Crippen LogP contribution in [0, 0.1) is 6.42 Å². The van der Waals surface area contributed by atoms with Gasteiger partial charge in [-0.3, -0.25) is 0 Å². The van der Waals surface area contributed by atoms with Gasteiger partial charge in [0.2, 0.25) is 0 Å². The fourth-order valence-corrected chi connectivity index (χ4v) is 0.626. The molecule has 57 valence electrons. The van der Waals surface area contributed by atoms with Crippen molar-refractivity contribution in [3.63, 3.8) is 0 Å². The van der Waals surface area contributed by atoms with Gasteiger partial charge in [-0.05, 0) is 19.8 Å². The van der Waals surface area contributed by atoms with Crippen molar-refractivity contribution in [3.05, 3.63) is 19.1 Å². The van der Waals surface area contributed by atoms with Crippen LogP contribution in [0.5, 0.6) is 0 Å². The molecule has 0 amide bonds. The van der Waals surface area contributed by atoms with Crippen molar-refractivity contribution in [2.24, 2.45) is 0 Å². The Morgan fingerprint density at radius 3 is 2.80 bits per heavy atom. The molecule has 2 heteroatoms. The summed E-state index contributed by atoms with van der Waals surface area (Å²) in [6, 6.07) is 0. The Labute approximate surface area is 61.9 Å². The van der Waals surface area contributed by atoms with Gasteiger partial charge in [0.05, 0.1) is 6.10 Å². The minimum atomic E-state index is -0.352. The fourth-order valence-electron chi connectivity index (χ4n) is 0.626. The van der Waals surface area contributed by atoms with Crippen LogP contribution in [-0.2, 0) is 9.53 Å². The quantitative estimate of drug-likeness (QED) is 0.440. The zero-order valence-corrected chi connectivity index (χ0v) is 6.46. The van der Waals surface area contributed by atoms with Crippen LogP contribution in [-0.4, -0.2) is 12.1 Å². The molecule has 0 spiro atoms. The van der Waals surface area contributed by atoms with Crippen LogP contribution < -0.4 is 0 Å². The average molecular weight is 141 g/mol. The molecule has 0 aliphatic heterocycles. The molecule has 1 atom stereocenters. The Balaban J connectivity index is 3.46. The molecule has 0 aliphatic rings. The number of ether oxygens (including phenoxy) is 1. The second-order valence-corrected chi connectivity index (χ2v) is 2.10. The van der Waals surface area contributed by atoms with Gasteiger partial charge in [0.1, 0.15) is 0 Å². The van der Waals surface area contributed by atoms with E-state index in [-0.39, 0.29) is 12.1 Å². The van der Waals surface area contributed by atoms with Crippen LogP contribution in [0.4, 0.5) is 0 Å². The summed E-state index contributed by atoms with van der Waals surface area (Å²) in [6.45, 7) is 7.07. The van der Waals surface area contributed by atoms with E-state index in [2.05, 4.69) is 6.58 Å². The first kappa shape index (κ1) is 9.21. The van der Waals surface area contributed by atoms with E-state index in [1.54, 1.807) is 0 Å². The van der Waals surface area contributed by atoms with Crippen LogP contribution >= 0.6 is 0 Å². The van der Waals surface area contributed by atoms with E-state index in [9.17, 15) is 4.79 Å². The van der Waals surface area contributed by atoms with Crippen molar-refractivity contribution < 1.29 is 9.53 Å². The highest BCUT2D eigenvalue weighted by Crippen LogP contribution is 1.99. The zero-order chi connectivity index (χ0) is 7.98. The van der Waals surface area contributed by atoms with E-state index in [1.807, 2.05) is 20.3 Å². The number of hydrogen-bond acceptors (Lipinski definition) is 2. The SMILES string of the molecule is C=CC(=O)OC(C)C[CH]C. The lowest BCUT2D eigenvalue weighted by molar-refractivity contribution is -0.142. The molecule has 0 aromatic rings. The molecule has 0 aliphatic carbocycles. The van der Waals surface area contributed by atoms with Crippen molar-refractivity contribution in [3.8, 4) is 0 Å². The number of rotatable bonds is 4. The lowest BCUT2D eigenvalue weighted by atomic mass is 10.2. The maximum absolute atomic E-state index is 10.5. The molecular weight excluding hydrogens is 128 g/mol. The van der Waals surface area contributed by atoms with Gasteiger partial charge in [0.15, 0.2) is 0 Å². The third kappa shape index (κ3) is 4.13. The molecule has 1 unspecified atom stereocenters. The molecule has 1 radical (unpaired) electrons. The molecule has 2 nitrogen and oxygen atoms in total. The Hall–Kier alpha value is -0.790. The van der Waals surface area contributed by atoms with E-state index < -0.39 is 0 Å². The highest BCUT2D eigenvalue weighted by Gasteiger charge is 2.03. The van der Waals surface area contributed by atoms with Gasteiger partial charge >= 0.3 is 5.97 Å². The molecular formula is C8H13O2. The van der Waals surface area contributed by atoms with E-state index >= 15 is 0 Å². The maximum Gasteiger partial charge on any atom is 0.330 e. The number of esters is 1. The molecule has 0 bridgehead atoms. The first-order chi connectivity index (χ1) is 4.70. The molecule has 0 saturated carbocycles. The summed E-state index contributed by atoms with van der Waals surface area (Å²) >= 11 is 0. The third-order valence-electron chi connectivity index (χ3n) is 1.05.